The molecule has 0 saturated heterocycles. The van der Waals surface area contributed by atoms with E-state index < -0.39 is 7.26 Å². The van der Waals surface area contributed by atoms with E-state index in [-0.39, 0.29) is 52.7 Å². The van der Waals surface area contributed by atoms with Crippen molar-refractivity contribution >= 4 is 23.2 Å². The summed E-state index contributed by atoms with van der Waals surface area (Å²) >= 11 is 0. The maximum Gasteiger partial charge on any atom is 1.00 e. The van der Waals surface area contributed by atoms with Crippen molar-refractivity contribution in [3.05, 3.63) is 97.1 Å². The molecule has 0 radical (unpaired) electrons. The number of benzene rings is 3. The van der Waals surface area contributed by atoms with Gasteiger partial charge in [-0.2, -0.15) is 0 Å². The molecule has 0 saturated carbocycles. The molecule has 4 heteroatoms. The largest absolute Gasteiger partial charge is 1.00 e. The van der Waals surface area contributed by atoms with Gasteiger partial charge < -0.3 is 23.1 Å². The van der Waals surface area contributed by atoms with Crippen molar-refractivity contribution in [2.24, 2.45) is 0 Å². The normalized spacial score (nSPS) is 10.1. The third kappa shape index (κ3) is 6.26. The van der Waals surface area contributed by atoms with Crippen LogP contribution in [-0.2, 0) is 0 Å². The Kier molecular flexibility index (Phi) is 13.4. The van der Waals surface area contributed by atoms with Gasteiger partial charge in [0, 0.05) is 0 Å². The summed E-state index contributed by atoms with van der Waals surface area (Å²) in [6.07, 6.45) is 5.09. The zero-order valence-corrected chi connectivity index (χ0v) is 20.9. The van der Waals surface area contributed by atoms with Crippen molar-refractivity contribution in [3.63, 3.8) is 0 Å². The van der Waals surface area contributed by atoms with Gasteiger partial charge >= 0.3 is 29.6 Å². The second-order valence-corrected chi connectivity index (χ2v) is 9.86. The van der Waals surface area contributed by atoms with Crippen molar-refractivity contribution in [1.29, 1.82) is 0 Å². The average Bonchev–Trinajstić information content (AvgIpc) is 2.68. The van der Waals surface area contributed by atoms with E-state index in [0.717, 1.165) is 0 Å². The third-order valence-corrected chi connectivity index (χ3v) is 9.21. The predicted octanol–water partition coefficient (Wildman–Crippen LogP) is -0.104. The smallest absolute Gasteiger partial charge is 1.00 e. The SMILES string of the molecule is CCCCC[P+](c1ccccc1)(c1ccccc1)c1ccccc1.[Br-].[NH2-].[Na+]. The van der Waals surface area contributed by atoms with Crippen molar-refractivity contribution in [2.45, 2.75) is 26.2 Å². The van der Waals surface area contributed by atoms with E-state index in [1.807, 2.05) is 0 Å². The summed E-state index contributed by atoms with van der Waals surface area (Å²) in [6.45, 7) is 2.29. The van der Waals surface area contributed by atoms with Gasteiger partial charge in [0.25, 0.3) is 0 Å². The van der Waals surface area contributed by atoms with Crippen LogP contribution >= 0.6 is 7.26 Å². The first-order valence-corrected chi connectivity index (χ1v) is 10.9. The number of nitrogens with two attached hydrogens (primary N) is 1. The van der Waals surface area contributed by atoms with Crippen molar-refractivity contribution in [3.8, 4) is 0 Å². The standard InChI is InChI=1S/C23H26P.BrH.H2N.Na/c1-2-3-13-20-24(21-14-7-4-8-15-21,22-16-9-5-10-17-22)23-18-11-6-12-19-23;;;/h4-12,14-19H,2-3,13,20H2,1H3;1H;1H2;/q+1;;-1;+1/p-1. The van der Waals surface area contributed by atoms with E-state index in [2.05, 4.69) is 97.9 Å². The Balaban J connectivity index is 0.00000225. The van der Waals surface area contributed by atoms with E-state index in [1.165, 1.54) is 41.3 Å². The van der Waals surface area contributed by atoms with Crippen LogP contribution in [0.15, 0.2) is 91.0 Å². The second kappa shape index (κ2) is 13.7. The molecule has 0 heterocycles. The average molecular weight is 452 g/mol. The number of unbranched alkanes of at least 4 members (excludes halogenated alkanes) is 2. The second-order valence-electron chi connectivity index (χ2n) is 6.25. The minimum absolute atomic E-state index is 0. The molecule has 1 nitrogen and oxygen atoms in total. The molecule has 2 N–H and O–H groups in total. The van der Waals surface area contributed by atoms with Crippen LogP contribution in [0.5, 0.6) is 0 Å². The molecule has 0 aromatic heterocycles. The van der Waals surface area contributed by atoms with Gasteiger partial charge in [0.2, 0.25) is 0 Å². The molecular formula is C23H28BrNNaP. The van der Waals surface area contributed by atoms with Crippen LogP contribution < -0.4 is 62.5 Å². The summed E-state index contributed by atoms with van der Waals surface area (Å²) in [5.41, 5.74) is 0. The van der Waals surface area contributed by atoms with E-state index >= 15 is 0 Å². The Morgan fingerprint density at radius 1 is 0.593 bits per heavy atom. The Labute approximate surface area is 198 Å². The molecule has 0 atom stereocenters. The minimum atomic E-state index is -1.58. The topological polar surface area (TPSA) is 33.5 Å². The predicted molar refractivity (Wildman–Crippen MR) is 115 cm³/mol. The molecule has 0 fully saturated rings. The van der Waals surface area contributed by atoms with Gasteiger partial charge in [-0.25, -0.2) is 0 Å². The van der Waals surface area contributed by atoms with E-state index in [1.54, 1.807) is 0 Å². The molecule has 3 rings (SSSR count). The fraction of sp³-hybridized carbons (Fsp3) is 0.217. The Bertz CT molecular complexity index is 641. The van der Waals surface area contributed by atoms with Gasteiger partial charge in [-0.05, 0) is 42.8 Å². The van der Waals surface area contributed by atoms with Crippen LogP contribution in [-0.4, -0.2) is 6.16 Å². The van der Waals surface area contributed by atoms with E-state index in [0.29, 0.717) is 0 Å². The molecule has 0 bridgehead atoms. The van der Waals surface area contributed by atoms with Gasteiger partial charge in [0.05, 0.1) is 6.16 Å². The number of hydrogen-bond donors (Lipinski definition) is 0. The van der Waals surface area contributed by atoms with E-state index in [9.17, 15) is 0 Å². The van der Waals surface area contributed by atoms with Crippen LogP contribution in [0.1, 0.15) is 26.2 Å². The first kappa shape index (κ1) is 26.5. The van der Waals surface area contributed by atoms with Gasteiger partial charge in [-0.3, -0.25) is 0 Å². The molecule has 0 unspecified atom stereocenters. The van der Waals surface area contributed by atoms with Crippen molar-refractivity contribution in [2.75, 3.05) is 6.16 Å². The van der Waals surface area contributed by atoms with Crippen LogP contribution in [0.3, 0.4) is 0 Å². The fourth-order valence-electron chi connectivity index (χ4n) is 3.48. The van der Waals surface area contributed by atoms with Gasteiger partial charge in [-0.15, -0.1) is 0 Å². The summed E-state index contributed by atoms with van der Waals surface area (Å²) in [7, 11) is -1.58. The summed E-state index contributed by atoms with van der Waals surface area (Å²) < 4.78 is 0. The zero-order chi connectivity index (χ0) is 16.7. The molecule has 27 heavy (non-hydrogen) atoms. The van der Waals surface area contributed by atoms with Crippen molar-refractivity contribution in [1.82, 2.24) is 0 Å². The molecule has 3 aromatic rings. The number of halogens is 1. The van der Waals surface area contributed by atoms with E-state index in [4.69, 9.17) is 0 Å². The van der Waals surface area contributed by atoms with Crippen LogP contribution in [0, 0.1) is 0 Å². The maximum absolute atomic E-state index is 2.33. The number of hydrogen-bond acceptors (Lipinski definition) is 0. The number of rotatable bonds is 7. The minimum Gasteiger partial charge on any atom is -1.00 e. The quantitative estimate of drug-likeness (QED) is 0.273. The first-order valence-electron chi connectivity index (χ1n) is 8.93. The molecule has 0 amide bonds. The molecule has 0 aliphatic heterocycles. The summed E-state index contributed by atoms with van der Waals surface area (Å²) in [5, 5.41) is 4.50. The summed E-state index contributed by atoms with van der Waals surface area (Å²) in [4.78, 5) is 0. The Morgan fingerprint density at radius 3 is 1.22 bits per heavy atom. The monoisotopic (exact) mass is 451 g/mol. The van der Waals surface area contributed by atoms with Gasteiger partial charge in [0.15, 0.2) is 0 Å². The maximum atomic E-state index is 2.33. The Hall–Kier alpha value is -0.470. The molecule has 0 aliphatic rings. The zero-order valence-electron chi connectivity index (χ0n) is 16.4. The molecular weight excluding hydrogens is 424 g/mol. The summed E-state index contributed by atoms with van der Waals surface area (Å²) in [5.74, 6) is 0. The Morgan fingerprint density at radius 2 is 0.926 bits per heavy atom. The summed E-state index contributed by atoms with van der Waals surface area (Å²) in [6, 6.07) is 33.5. The van der Waals surface area contributed by atoms with Gasteiger partial charge in [0.1, 0.15) is 23.2 Å². The molecule has 3 aromatic carbocycles. The van der Waals surface area contributed by atoms with Crippen LogP contribution in [0.25, 0.3) is 6.15 Å². The molecule has 0 spiro atoms. The molecule has 138 valence electrons. The fourth-order valence-corrected chi connectivity index (χ4v) is 7.89. The third-order valence-electron chi connectivity index (χ3n) is 4.69. The first-order chi connectivity index (χ1) is 11.9. The van der Waals surface area contributed by atoms with Gasteiger partial charge in [-0.1, -0.05) is 74.4 Å². The van der Waals surface area contributed by atoms with Crippen LogP contribution in [0.2, 0.25) is 0 Å². The van der Waals surface area contributed by atoms with Crippen molar-refractivity contribution < 1.29 is 46.5 Å². The molecule has 0 aliphatic carbocycles. The van der Waals surface area contributed by atoms with Crippen LogP contribution in [0.4, 0.5) is 0 Å².